The molecule has 1 aromatic rings. The van der Waals surface area contributed by atoms with E-state index in [1.165, 1.54) is 0 Å². The first-order chi connectivity index (χ1) is 7.72. The predicted molar refractivity (Wildman–Crippen MR) is 66.2 cm³/mol. The maximum Gasteiger partial charge on any atom is 0.315 e. The molecule has 0 saturated carbocycles. The van der Waals surface area contributed by atoms with Crippen molar-refractivity contribution in [2.75, 3.05) is 0 Å². The first kappa shape index (κ1) is 12.6. The van der Waals surface area contributed by atoms with Crippen LogP contribution in [0.5, 0.6) is 0 Å². The van der Waals surface area contributed by atoms with Gasteiger partial charge in [-0.15, -0.1) is 0 Å². The van der Waals surface area contributed by atoms with Gasteiger partial charge in [-0.1, -0.05) is 43.7 Å². The van der Waals surface area contributed by atoms with Gasteiger partial charge in [-0.3, -0.25) is 0 Å². The zero-order valence-electron chi connectivity index (χ0n) is 9.99. The molecule has 1 atom stereocenters. The summed E-state index contributed by atoms with van der Waals surface area (Å²) in [5.41, 5.74) is 1.11. The monoisotopic (exact) mass is 220 g/mol. The summed E-state index contributed by atoms with van der Waals surface area (Å²) in [4.78, 5) is 11.5. The summed E-state index contributed by atoms with van der Waals surface area (Å²) >= 11 is 0. The Kier molecular flexibility index (Phi) is 5.40. The number of nitrogens with one attached hydrogen (secondary N) is 2. The van der Waals surface area contributed by atoms with Crippen LogP contribution >= 0.6 is 0 Å². The number of benzene rings is 1. The molecular weight excluding hydrogens is 200 g/mol. The third kappa shape index (κ3) is 4.82. The van der Waals surface area contributed by atoms with E-state index in [0.29, 0.717) is 6.54 Å². The molecular formula is C13H20N2O. The molecule has 88 valence electrons. The molecule has 1 aromatic carbocycles. The molecule has 3 nitrogen and oxygen atoms in total. The van der Waals surface area contributed by atoms with Crippen molar-refractivity contribution in [1.82, 2.24) is 10.6 Å². The number of hydrogen-bond donors (Lipinski definition) is 2. The van der Waals surface area contributed by atoms with E-state index >= 15 is 0 Å². The third-order valence-corrected chi connectivity index (χ3v) is 2.40. The van der Waals surface area contributed by atoms with Crippen molar-refractivity contribution in [3.05, 3.63) is 35.9 Å². The van der Waals surface area contributed by atoms with Gasteiger partial charge in [0.1, 0.15) is 0 Å². The Hall–Kier alpha value is -1.51. The second kappa shape index (κ2) is 6.88. The molecule has 3 heteroatoms. The van der Waals surface area contributed by atoms with Crippen LogP contribution in [0.25, 0.3) is 0 Å². The van der Waals surface area contributed by atoms with Crippen LogP contribution in [0.2, 0.25) is 0 Å². The van der Waals surface area contributed by atoms with Gasteiger partial charge in [0.25, 0.3) is 0 Å². The molecule has 0 aliphatic heterocycles. The lowest BCUT2D eigenvalue weighted by molar-refractivity contribution is 0.236. The van der Waals surface area contributed by atoms with Gasteiger partial charge in [0.15, 0.2) is 0 Å². The first-order valence-corrected chi connectivity index (χ1v) is 5.80. The number of rotatable bonds is 5. The Morgan fingerprint density at radius 1 is 1.31 bits per heavy atom. The van der Waals surface area contributed by atoms with Crippen LogP contribution in [-0.2, 0) is 6.54 Å². The van der Waals surface area contributed by atoms with Crippen LogP contribution in [0.4, 0.5) is 4.79 Å². The van der Waals surface area contributed by atoms with Crippen molar-refractivity contribution >= 4 is 6.03 Å². The SMILES string of the molecule is CCCC(C)NC(=O)NCc1ccccc1. The van der Waals surface area contributed by atoms with Crippen molar-refractivity contribution in [3.8, 4) is 0 Å². The molecule has 0 radical (unpaired) electrons. The minimum Gasteiger partial charge on any atom is -0.336 e. The number of amides is 2. The predicted octanol–water partition coefficient (Wildman–Crippen LogP) is 2.67. The number of urea groups is 1. The van der Waals surface area contributed by atoms with E-state index in [1.54, 1.807) is 0 Å². The summed E-state index contributed by atoms with van der Waals surface area (Å²) in [5.74, 6) is 0. The molecule has 0 aliphatic carbocycles. The van der Waals surface area contributed by atoms with Crippen LogP contribution in [0.1, 0.15) is 32.3 Å². The molecule has 0 saturated heterocycles. The summed E-state index contributed by atoms with van der Waals surface area (Å²) in [6.45, 7) is 4.71. The molecule has 0 heterocycles. The molecule has 0 spiro atoms. The highest BCUT2D eigenvalue weighted by Crippen LogP contribution is 1.98. The smallest absolute Gasteiger partial charge is 0.315 e. The van der Waals surface area contributed by atoms with E-state index in [1.807, 2.05) is 37.3 Å². The summed E-state index contributed by atoms with van der Waals surface area (Å²) < 4.78 is 0. The maximum atomic E-state index is 11.5. The van der Waals surface area contributed by atoms with Crippen LogP contribution in [0, 0.1) is 0 Å². The van der Waals surface area contributed by atoms with Crippen LogP contribution in [-0.4, -0.2) is 12.1 Å². The average molecular weight is 220 g/mol. The standard InChI is InChI=1S/C13H20N2O/c1-3-7-11(2)15-13(16)14-10-12-8-5-4-6-9-12/h4-6,8-9,11H,3,7,10H2,1-2H3,(H2,14,15,16). The minimum absolute atomic E-state index is 0.0928. The summed E-state index contributed by atoms with van der Waals surface area (Å²) in [5, 5.41) is 5.74. The minimum atomic E-state index is -0.0928. The largest absolute Gasteiger partial charge is 0.336 e. The van der Waals surface area contributed by atoms with Gasteiger partial charge < -0.3 is 10.6 Å². The number of hydrogen-bond acceptors (Lipinski definition) is 1. The molecule has 0 fully saturated rings. The Bertz CT molecular complexity index is 311. The zero-order valence-corrected chi connectivity index (χ0v) is 9.99. The van der Waals surface area contributed by atoms with Gasteiger partial charge in [-0.05, 0) is 18.9 Å². The normalized spacial score (nSPS) is 11.9. The highest BCUT2D eigenvalue weighted by Gasteiger charge is 2.04. The van der Waals surface area contributed by atoms with Crippen LogP contribution in [0.15, 0.2) is 30.3 Å². The van der Waals surface area contributed by atoms with E-state index in [2.05, 4.69) is 17.6 Å². The van der Waals surface area contributed by atoms with E-state index in [9.17, 15) is 4.79 Å². The molecule has 0 aliphatic rings. The Morgan fingerprint density at radius 3 is 2.62 bits per heavy atom. The number of carbonyl (C=O) groups is 1. The van der Waals surface area contributed by atoms with Crippen LogP contribution in [0.3, 0.4) is 0 Å². The maximum absolute atomic E-state index is 11.5. The van der Waals surface area contributed by atoms with Gasteiger partial charge >= 0.3 is 6.03 Å². The quantitative estimate of drug-likeness (QED) is 0.787. The average Bonchev–Trinajstić information content (AvgIpc) is 2.28. The van der Waals surface area contributed by atoms with E-state index in [0.717, 1.165) is 18.4 Å². The Morgan fingerprint density at radius 2 is 2.00 bits per heavy atom. The van der Waals surface area contributed by atoms with Crippen molar-refractivity contribution in [2.45, 2.75) is 39.3 Å². The highest BCUT2D eigenvalue weighted by molar-refractivity contribution is 5.74. The van der Waals surface area contributed by atoms with Crippen molar-refractivity contribution in [1.29, 1.82) is 0 Å². The van der Waals surface area contributed by atoms with E-state index in [4.69, 9.17) is 0 Å². The lowest BCUT2D eigenvalue weighted by Crippen LogP contribution is -2.40. The lowest BCUT2D eigenvalue weighted by atomic mass is 10.2. The summed E-state index contributed by atoms with van der Waals surface area (Å²) in [7, 11) is 0. The lowest BCUT2D eigenvalue weighted by Gasteiger charge is -2.13. The van der Waals surface area contributed by atoms with Gasteiger partial charge in [-0.25, -0.2) is 4.79 Å². The second-order valence-corrected chi connectivity index (χ2v) is 4.00. The fraction of sp³-hybridized carbons (Fsp3) is 0.462. The summed E-state index contributed by atoms with van der Waals surface area (Å²) in [6.07, 6.45) is 2.10. The van der Waals surface area contributed by atoms with Crippen molar-refractivity contribution < 1.29 is 4.79 Å². The van der Waals surface area contributed by atoms with Crippen LogP contribution < -0.4 is 10.6 Å². The molecule has 1 rings (SSSR count). The third-order valence-electron chi connectivity index (χ3n) is 2.40. The molecule has 16 heavy (non-hydrogen) atoms. The van der Waals surface area contributed by atoms with Gasteiger partial charge in [0.05, 0.1) is 0 Å². The fourth-order valence-electron chi connectivity index (χ4n) is 1.56. The molecule has 2 N–H and O–H groups in total. The van der Waals surface area contributed by atoms with Crippen molar-refractivity contribution in [2.24, 2.45) is 0 Å². The highest BCUT2D eigenvalue weighted by atomic mass is 16.2. The van der Waals surface area contributed by atoms with Crippen molar-refractivity contribution in [3.63, 3.8) is 0 Å². The first-order valence-electron chi connectivity index (χ1n) is 5.80. The van der Waals surface area contributed by atoms with E-state index in [-0.39, 0.29) is 12.1 Å². The topological polar surface area (TPSA) is 41.1 Å². The Balaban J connectivity index is 2.25. The summed E-state index contributed by atoms with van der Waals surface area (Å²) in [6, 6.07) is 10.0. The van der Waals surface area contributed by atoms with E-state index < -0.39 is 0 Å². The van der Waals surface area contributed by atoms with Gasteiger partial charge in [0, 0.05) is 12.6 Å². The zero-order chi connectivity index (χ0) is 11.8. The Labute approximate surface area is 97.2 Å². The van der Waals surface area contributed by atoms with Gasteiger partial charge in [-0.2, -0.15) is 0 Å². The molecule has 0 aromatic heterocycles. The molecule has 1 unspecified atom stereocenters. The molecule has 0 bridgehead atoms. The number of carbonyl (C=O) groups excluding carboxylic acids is 1. The second-order valence-electron chi connectivity index (χ2n) is 4.00. The molecule has 2 amide bonds. The fourth-order valence-corrected chi connectivity index (χ4v) is 1.56. The van der Waals surface area contributed by atoms with Gasteiger partial charge in [0.2, 0.25) is 0 Å².